The van der Waals surface area contributed by atoms with Crippen molar-refractivity contribution in [2.24, 2.45) is 11.7 Å². The SMILES string of the molecule is C.CC(C)[C@@H](NC(=O)c1cccc(C(N)=O)c1)C(=O)N1CCC(c2ccc(Cl)cc2)CC1. The zero-order chi connectivity index (χ0) is 22.5. The number of carbonyl (C=O) groups is 3. The highest BCUT2D eigenvalue weighted by molar-refractivity contribution is 6.30. The third-order valence-corrected chi connectivity index (χ3v) is 6.03. The van der Waals surface area contributed by atoms with Crippen molar-refractivity contribution in [1.82, 2.24) is 10.2 Å². The molecule has 0 aromatic heterocycles. The lowest BCUT2D eigenvalue weighted by atomic mass is 9.89. The summed E-state index contributed by atoms with van der Waals surface area (Å²) < 4.78 is 0. The van der Waals surface area contributed by atoms with E-state index in [2.05, 4.69) is 5.32 Å². The van der Waals surface area contributed by atoms with Crippen LogP contribution in [-0.4, -0.2) is 41.8 Å². The van der Waals surface area contributed by atoms with E-state index in [1.54, 1.807) is 18.2 Å². The number of rotatable bonds is 6. The summed E-state index contributed by atoms with van der Waals surface area (Å²) >= 11 is 5.98. The minimum Gasteiger partial charge on any atom is -0.366 e. The van der Waals surface area contributed by atoms with Crippen molar-refractivity contribution in [1.29, 1.82) is 0 Å². The predicted octanol–water partition coefficient (Wildman–Crippen LogP) is 4.24. The average molecular weight is 458 g/mol. The van der Waals surface area contributed by atoms with Crippen LogP contribution in [0.5, 0.6) is 0 Å². The summed E-state index contributed by atoms with van der Waals surface area (Å²) in [5.41, 5.74) is 7.09. The van der Waals surface area contributed by atoms with Gasteiger partial charge in [-0.25, -0.2) is 0 Å². The molecular weight excluding hydrogens is 426 g/mol. The van der Waals surface area contributed by atoms with E-state index in [9.17, 15) is 14.4 Å². The quantitative estimate of drug-likeness (QED) is 0.679. The Bertz CT molecular complexity index is 951. The molecule has 0 spiro atoms. The molecule has 3 amide bonds. The van der Waals surface area contributed by atoms with Gasteiger partial charge >= 0.3 is 0 Å². The van der Waals surface area contributed by atoms with E-state index in [-0.39, 0.29) is 24.8 Å². The maximum absolute atomic E-state index is 13.2. The number of hydrogen-bond donors (Lipinski definition) is 2. The molecule has 0 bridgehead atoms. The number of halogens is 1. The first-order valence-electron chi connectivity index (χ1n) is 10.5. The van der Waals surface area contributed by atoms with Gasteiger partial charge in [-0.05, 0) is 60.6 Å². The smallest absolute Gasteiger partial charge is 0.251 e. The van der Waals surface area contributed by atoms with Crippen LogP contribution in [0.2, 0.25) is 5.02 Å². The van der Waals surface area contributed by atoms with Crippen LogP contribution in [0.4, 0.5) is 0 Å². The third-order valence-electron chi connectivity index (χ3n) is 5.78. The molecule has 0 saturated carbocycles. The first-order chi connectivity index (χ1) is 14.8. The van der Waals surface area contributed by atoms with Gasteiger partial charge in [-0.2, -0.15) is 0 Å². The highest BCUT2D eigenvalue weighted by Gasteiger charge is 2.31. The summed E-state index contributed by atoms with van der Waals surface area (Å²) in [7, 11) is 0. The minimum absolute atomic E-state index is 0. The number of nitrogens with two attached hydrogens (primary N) is 1. The lowest BCUT2D eigenvalue weighted by molar-refractivity contribution is -0.135. The van der Waals surface area contributed by atoms with Gasteiger partial charge in [0.2, 0.25) is 11.8 Å². The Morgan fingerprint density at radius 2 is 1.62 bits per heavy atom. The number of nitrogens with zero attached hydrogens (tertiary/aromatic N) is 1. The second-order valence-electron chi connectivity index (χ2n) is 8.29. The van der Waals surface area contributed by atoms with Crippen LogP contribution in [0.1, 0.15) is 66.3 Å². The Morgan fingerprint density at radius 3 is 2.19 bits per heavy atom. The van der Waals surface area contributed by atoms with E-state index in [1.165, 1.54) is 11.6 Å². The zero-order valence-electron chi connectivity index (χ0n) is 17.8. The molecule has 0 radical (unpaired) electrons. The van der Waals surface area contributed by atoms with Gasteiger partial charge in [0.25, 0.3) is 5.91 Å². The van der Waals surface area contributed by atoms with Crippen molar-refractivity contribution in [3.05, 3.63) is 70.2 Å². The van der Waals surface area contributed by atoms with Crippen molar-refractivity contribution >= 4 is 29.3 Å². The zero-order valence-corrected chi connectivity index (χ0v) is 18.6. The number of hydrogen-bond acceptors (Lipinski definition) is 3. The van der Waals surface area contributed by atoms with Crippen molar-refractivity contribution < 1.29 is 14.4 Å². The summed E-state index contributed by atoms with van der Waals surface area (Å²) in [6.07, 6.45) is 1.74. The van der Waals surface area contributed by atoms with Gasteiger partial charge < -0.3 is 16.0 Å². The first-order valence-corrected chi connectivity index (χ1v) is 10.9. The Balaban J connectivity index is 0.00000363. The fourth-order valence-electron chi connectivity index (χ4n) is 3.92. The maximum Gasteiger partial charge on any atom is 0.251 e. The van der Waals surface area contributed by atoms with Crippen molar-refractivity contribution in [2.45, 2.75) is 46.1 Å². The van der Waals surface area contributed by atoms with Crippen LogP contribution in [0, 0.1) is 5.92 Å². The Labute approximate surface area is 195 Å². The molecule has 2 aromatic rings. The largest absolute Gasteiger partial charge is 0.366 e. The molecule has 0 unspecified atom stereocenters. The van der Waals surface area contributed by atoms with E-state index < -0.39 is 17.9 Å². The number of amides is 3. The molecule has 1 atom stereocenters. The number of nitrogens with one attached hydrogen (secondary N) is 1. The maximum atomic E-state index is 13.2. The summed E-state index contributed by atoms with van der Waals surface area (Å²) in [5, 5.41) is 3.56. The van der Waals surface area contributed by atoms with E-state index in [0.717, 1.165) is 12.8 Å². The van der Waals surface area contributed by atoms with Crippen LogP contribution in [0.3, 0.4) is 0 Å². The fraction of sp³-hybridized carbons (Fsp3) is 0.400. The summed E-state index contributed by atoms with van der Waals surface area (Å²) in [6.45, 7) is 5.09. The summed E-state index contributed by atoms with van der Waals surface area (Å²) in [5.74, 6) is -0.764. The second kappa shape index (κ2) is 11.1. The molecule has 1 aliphatic rings. The van der Waals surface area contributed by atoms with Gasteiger partial charge in [-0.15, -0.1) is 0 Å². The molecule has 1 heterocycles. The highest BCUT2D eigenvalue weighted by Crippen LogP contribution is 2.29. The predicted molar refractivity (Wildman–Crippen MR) is 128 cm³/mol. The average Bonchev–Trinajstić information content (AvgIpc) is 2.77. The Hall–Kier alpha value is -2.86. The van der Waals surface area contributed by atoms with Gasteiger partial charge in [0.15, 0.2) is 0 Å². The second-order valence-corrected chi connectivity index (χ2v) is 8.73. The van der Waals surface area contributed by atoms with Gasteiger partial charge in [-0.1, -0.05) is 51.1 Å². The molecule has 7 heteroatoms. The van der Waals surface area contributed by atoms with Crippen molar-refractivity contribution in [3.8, 4) is 0 Å². The molecule has 0 aliphatic carbocycles. The van der Waals surface area contributed by atoms with Crippen molar-refractivity contribution in [3.63, 3.8) is 0 Å². The molecule has 172 valence electrons. The lowest BCUT2D eigenvalue weighted by Gasteiger charge is -2.35. The Morgan fingerprint density at radius 1 is 1.03 bits per heavy atom. The van der Waals surface area contributed by atoms with Gasteiger partial charge in [0.1, 0.15) is 6.04 Å². The highest BCUT2D eigenvalue weighted by atomic mass is 35.5. The van der Waals surface area contributed by atoms with E-state index in [4.69, 9.17) is 17.3 Å². The van der Waals surface area contributed by atoms with Crippen LogP contribution < -0.4 is 11.1 Å². The van der Waals surface area contributed by atoms with Crippen LogP contribution in [-0.2, 0) is 4.79 Å². The van der Waals surface area contributed by atoms with E-state index in [1.807, 2.05) is 43.0 Å². The summed E-state index contributed by atoms with van der Waals surface area (Å²) in [6, 6.07) is 13.4. The lowest BCUT2D eigenvalue weighted by Crippen LogP contribution is -2.52. The van der Waals surface area contributed by atoms with Gasteiger partial charge in [-0.3, -0.25) is 14.4 Å². The summed E-state index contributed by atoms with van der Waals surface area (Å²) in [4.78, 5) is 39.2. The number of piperidine rings is 1. The molecule has 1 saturated heterocycles. The molecule has 1 fully saturated rings. The molecular formula is C25H32ClN3O3. The fourth-order valence-corrected chi connectivity index (χ4v) is 4.04. The third kappa shape index (κ3) is 6.10. The normalized spacial score (nSPS) is 15.1. The molecule has 3 rings (SSSR count). The standard InChI is InChI=1S/C24H28ClN3O3.CH4/c1-15(2)21(27-23(30)19-5-3-4-18(14-19)22(26)29)24(31)28-12-10-17(11-13-28)16-6-8-20(25)9-7-16;/h3-9,14-15,17,21H,10-13H2,1-2H3,(H2,26,29)(H,27,30);1H4/t21-;/m1./s1. The Kier molecular flexibility index (Phi) is 8.84. The molecule has 3 N–H and O–H groups in total. The minimum atomic E-state index is -0.642. The van der Waals surface area contributed by atoms with Crippen LogP contribution >= 0.6 is 11.6 Å². The van der Waals surface area contributed by atoms with E-state index >= 15 is 0 Å². The molecule has 2 aromatic carbocycles. The number of likely N-dealkylation sites (tertiary alicyclic amines) is 1. The number of benzene rings is 2. The topological polar surface area (TPSA) is 92.5 Å². The van der Waals surface area contributed by atoms with Gasteiger partial charge in [0.05, 0.1) is 0 Å². The monoisotopic (exact) mass is 457 g/mol. The first kappa shape index (κ1) is 25.4. The van der Waals surface area contributed by atoms with E-state index in [0.29, 0.717) is 29.6 Å². The van der Waals surface area contributed by atoms with Crippen LogP contribution in [0.25, 0.3) is 0 Å². The molecule has 1 aliphatic heterocycles. The molecule has 6 nitrogen and oxygen atoms in total. The van der Waals surface area contributed by atoms with Crippen molar-refractivity contribution in [2.75, 3.05) is 13.1 Å². The van der Waals surface area contributed by atoms with Crippen LogP contribution in [0.15, 0.2) is 48.5 Å². The number of primary amides is 1. The molecule has 32 heavy (non-hydrogen) atoms. The van der Waals surface area contributed by atoms with Gasteiger partial charge in [0, 0.05) is 29.2 Å². The number of carbonyl (C=O) groups excluding carboxylic acids is 3.